The van der Waals surface area contributed by atoms with Crippen LogP contribution in [0.25, 0.3) is 11.2 Å². The van der Waals surface area contributed by atoms with E-state index in [1.807, 2.05) is 0 Å². The number of halogens is 4. The van der Waals surface area contributed by atoms with Crippen molar-refractivity contribution in [3.05, 3.63) is 65.8 Å². The van der Waals surface area contributed by atoms with E-state index < -0.39 is 35.5 Å². The average molecular weight is 530 g/mol. The highest BCUT2D eigenvalue weighted by atomic mass is 19.4. The maximum Gasteiger partial charge on any atom is 0.419 e. The zero-order chi connectivity index (χ0) is 27.1. The number of carbonyl (C=O) groups excluding carboxylic acids is 1. The molecule has 5 N–H and O–H groups in total. The summed E-state index contributed by atoms with van der Waals surface area (Å²) in [7, 11) is 0. The normalized spacial score (nSPS) is 17.8. The molecule has 1 aromatic carbocycles. The summed E-state index contributed by atoms with van der Waals surface area (Å²) in [5.74, 6) is -1.85. The molecule has 4 heterocycles. The fourth-order valence-corrected chi connectivity index (χ4v) is 4.55. The van der Waals surface area contributed by atoms with Crippen LogP contribution in [0.5, 0.6) is 0 Å². The second-order valence-corrected chi connectivity index (χ2v) is 8.95. The average Bonchev–Trinajstić information content (AvgIpc) is 3.48. The van der Waals surface area contributed by atoms with Crippen LogP contribution in [0.1, 0.15) is 23.2 Å². The van der Waals surface area contributed by atoms with E-state index in [1.165, 1.54) is 23.2 Å². The van der Waals surface area contributed by atoms with Gasteiger partial charge in [-0.25, -0.2) is 19.3 Å². The van der Waals surface area contributed by atoms with E-state index in [1.54, 1.807) is 17.0 Å². The van der Waals surface area contributed by atoms with Crippen LogP contribution >= 0.6 is 0 Å². The Morgan fingerprint density at radius 1 is 1.18 bits per heavy atom. The maximum atomic E-state index is 14.7. The third-order valence-corrected chi connectivity index (χ3v) is 6.43. The van der Waals surface area contributed by atoms with Gasteiger partial charge in [0.25, 0.3) is 0 Å². The predicted octanol–water partition coefficient (Wildman–Crippen LogP) is 1.63. The smallest absolute Gasteiger partial charge is 0.382 e. The topological polar surface area (TPSA) is 154 Å². The van der Waals surface area contributed by atoms with Crippen molar-refractivity contribution in [1.82, 2.24) is 35.0 Å². The lowest BCUT2D eigenvalue weighted by Crippen LogP contribution is -2.55. The summed E-state index contributed by atoms with van der Waals surface area (Å²) in [5.41, 5.74) is 10.1. The fraction of sp³-hybridized carbons (Fsp3) is 0.304. The highest BCUT2D eigenvalue weighted by molar-refractivity contribution is 5.88. The van der Waals surface area contributed by atoms with Crippen molar-refractivity contribution in [3.8, 4) is 0 Å². The fourth-order valence-electron chi connectivity index (χ4n) is 4.55. The molecule has 1 saturated heterocycles. The van der Waals surface area contributed by atoms with Gasteiger partial charge in [-0.15, -0.1) is 0 Å². The van der Waals surface area contributed by atoms with Crippen LogP contribution in [0.2, 0.25) is 0 Å². The van der Waals surface area contributed by atoms with Gasteiger partial charge in [-0.2, -0.15) is 23.4 Å². The molecule has 11 nitrogen and oxygen atoms in total. The Hall–Kier alpha value is -4.40. The molecule has 1 fully saturated rings. The molecule has 198 valence electrons. The van der Waals surface area contributed by atoms with E-state index in [9.17, 15) is 22.4 Å². The number of rotatable bonds is 6. The molecule has 5 rings (SSSR count). The molecule has 1 aliphatic heterocycles. The van der Waals surface area contributed by atoms with Gasteiger partial charge < -0.3 is 26.3 Å². The van der Waals surface area contributed by atoms with Crippen LogP contribution in [0.3, 0.4) is 0 Å². The molecule has 1 aliphatic rings. The molecule has 0 bridgehead atoms. The van der Waals surface area contributed by atoms with Crippen LogP contribution in [0.4, 0.5) is 29.1 Å². The number of amides is 1. The third-order valence-electron chi connectivity index (χ3n) is 6.43. The monoisotopic (exact) mass is 530 g/mol. The number of nitrogens with two attached hydrogens (primary N) is 2. The summed E-state index contributed by atoms with van der Waals surface area (Å²) >= 11 is 0. The van der Waals surface area contributed by atoms with Crippen molar-refractivity contribution in [3.63, 3.8) is 0 Å². The van der Waals surface area contributed by atoms with E-state index in [2.05, 4.69) is 30.5 Å². The van der Waals surface area contributed by atoms with E-state index in [0.29, 0.717) is 5.69 Å². The van der Waals surface area contributed by atoms with Gasteiger partial charge in [0.1, 0.15) is 23.2 Å². The number of alkyl halides is 3. The van der Waals surface area contributed by atoms with Crippen molar-refractivity contribution in [2.45, 2.75) is 31.2 Å². The number of carbonyl (C=O) groups is 1. The largest absolute Gasteiger partial charge is 0.419 e. The number of fused-ring (bicyclic) bond motifs is 1. The number of hydrogen-bond acceptors (Lipinski definition) is 9. The van der Waals surface area contributed by atoms with Crippen molar-refractivity contribution < 1.29 is 22.4 Å². The number of nitrogen functional groups attached to an aromatic ring is 1. The zero-order valence-electron chi connectivity index (χ0n) is 19.8. The number of anilines is 2. The summed E-state index contributed by atoms with van der Waals surface area (Å²) in [6, 6.07) is 5.37. The molecule has 0 spiro atoms. The first-order chi connectivity index (χ1) is 18.1. The molecule has 0 saturated carbocycles. The maximum absolute atomic E-state index is 14.7. The first-order valence-corrected chi connectivity index (χ1v) is 11.5. The molecule has 0 radical (unpaired) electrons. The Morgan fingerprint density at radius 2 is 2.00 bits per heavy atom. The summed E-state index contributed by atoms with van der Waals surface area (Å²) < 4.78 is 58.3. The Kier molecular flexibility index (Phi) is 6.30. The molecule has 3 aromatic heterocycles. The number of aromatic nitrogens is 6. The van der Waals surface area contributed by atoms with Gasteiger partial charge in [-0.05, 0) is 30.7 Å². The molecule has 1 amide bonds. The Labute approximate surface area is 212 Å². The first kappa shape index (κ1) is 25.3. The predicted molar refractivity (Wildman–Crippen MR) is 128 cm³/mol. The lowest BCUT2D eigenvalue weighted by molar-refractivity contribution is -0.140. The highest BCUT2D eigenvalue weighted by Gasteiger charge is 2.44. The molecule has 4 aromatic rings. The van der Waals surface area contributed by atoms with Crippen LogP contribution in [-0.4, -0.2) is 54.3 Å². The van der Waals surface area contributed by atoms with Crippen LogP contribution in [0.15, 0.2) is 43.1 Å². The minimum absolute atomic E-state index is 0.0595. The quantitative estimate of drug-likeness (QED) is 0.316. The van der Waals surface area contributed by atoms with E-state index >= 15 is 0 Å². The second kappa shape index (κ2) is 9.48. The number of benzene rings is 1. The Morgan fingerprint density at radius 3 is 2.74 bits per heavy atom. The van der Waals surface area contributed by atoms with Gasteiger partial charge in [0.15, 0.2) is 11.5 Å². The SMILES string of the molecule is Nc1ncnc2c1ncn2Cc1c(N2CC[C@](N)(C(=O)NCc3cccnn3)C2)ccc(F)c1C(F)(F)F. The summed E-state index contributed by atoms with van der Waals surface area (Å²) in [4.78, 5) is 26.5. The Balaban J connectivity index is 1.47. The summed E-state index contributed by atoms with van der Waals surface area (Å²) in [6.07, 6.45) is -0.908. The van der Waals surface area contributed by atoms with Gasteiger partial charge in [0.05, 0.1) is 30.7 Å². The van der Waals surface area contributed by atoms with Crippen molar-refractivity contribution in [1.29, 1.82) is 0 Å². The molecule has 0 aliphatic carbocycles. The van der Waals surface area contributed by atoms with Gasteiger partial charge in [0.2, 0.25) is 5.91 Å². The third kappa shape index (κ3) is 4.67. The van der Waals surface area contributed by atoms with Crippen LogP contribution < -0.4 is 21.7 Å². The molecule has 1 atom stereocenters. The van der Waals surface area contributed by atoms with Gasteiger partial charge in [-0.3, -0.25) is 4.79 Å². The van der Waals surface area contributed by atoms with Gasteiger partial charge in [-0.1, -0.05) is 0 Å². The minimum atomic E-state index is -4.99. The summed E-state index contributed by atoms with van der Waals surface area (Å²) in [6.45, 7) is -0.244. The van der Waals surface area contributed by atoms with Crippen LogP contribution in [-0.2, 0) is 24.1 Å². The van der Waals surface area contributed by atoms with Crippen molar-refractivity contribution in [2.75, 3.05) is 23.7 Å². The molecular weight excluding hydrogens is 508 g/mol. The van der Waals surface area contributed by atoms with Gasteiger partial charge >= 0.3 is 6.18 Å². The van der Waals surface area contributed by atoms with E-state index in [0.717, 1.165) is 12.4 Å². The first-order valence-electron chi connectivity index (χ1n) is 11.5. The van der Waals surface area contributed by atoms with Crippen molar-refractivity contribution in [2.24, 2.45) is 5.73 Å². The highest BCUT2D eigenvalue weighted by Crippen LogP contribution is 2.40. The van der Waals surface area contributed by atoms with Crippen LogP contribution in [0, 0.1) is 5.82 Å². The standard InChI is InChI=1S/C23H22F4N10O/c24-15-3-4-16(36-7-5-22(29,10-36)21(38)30-8-13-2-1-6-34-35-13)14(17(15)23(25,26)27)9-37-12-33-18-19(28)31-11-32-20(18)37/h1-4,6,11-12H,5,7-10,29H2,(H,30,38)(H2,28,31,32)/t22-/m1/s1. The van der Waals surface area contributed by atoms with E-state index in [-0.39, 0.29) is 54.3 Å². The lowest BCUT2D eigenvalue weighted by Gasteiger charge is -2.27. The number of hydrogen-bond donors (Lipinski definition) is 3. The molecule has 0 unspecified atom stereocenters. The van der Waals surface area contributed by atoms with Gasteiger partial charge in [0, 0.05) is 30.5 Å². The lowest BCUT2D eigenvalue weighted by atomic mass is 9.98. The second-order valence-electron chi connectivity index (χ2n) is 8.95. The minimum Gasteiger partial charge on any atom is -0.382 e. The number of nitrogens with zero attached hydrogens (tertiary/aromatic N) is 7. The molecular formula is C23H22F4N10O. The van der Waals surface area contributed by atoms with Crippen molar-refractivity contribution >= 4 is 28.6 Å². The Bertz CT molecular complexity index is 1490. The number of imidazole rings is 1. The zero-order valence-corrected chi connectivity index (χ0v) is 19.8. The van der Waals surface area contributed by atoms with E-state index in [4.69, 9.17) is 11.5 Å². The summed E-state index contributed by atoms with van der Waals surface area (Å²) in [5, 5.41) is 10.3. The molecule has 15 heteroatoms. The molecule has 38 heavy (non-hydrogen) atoms. The number of nitrogens with one attached hydrogen (secondary N) is 1.